The molecule has 1 N–H and O–H groups in total. The van der Waals surface area contributed by atoms with Crippen LogP contribution < -0.4 is 0 Å². The Hall–Kier alpha value is -1.35. The van der Waals surface area contributed by atoms with Crippen LogP contribution in [0.2, 0.25) is 0 Å². The molecule has 0 saturated heterocycles. The Balaban J connectivity index is 2.86. The number of hydrogen-bond acceptors (Lipinski definition) is 2. The summed E-state index contributed by atoms with van der Waals surface area (Å²) in [5.41, 5.74) is 1.48. The molecule has 0 saturated carbocycles. The largest absolute Gasteiger partial charge is 0.481 e. The second-order valence-corrected chi connectivity index (χ2v) is 6.38. The molecule has 0 aliphatic rings. The van der Waals surface area contributed by atoms with E-state index in [1.807, 2.05) is 12.1 Å². The summed E-state index contributed by atoms with van der Waals surface area (Å²) in [5.74, 6) is -0.767. The molecule has 0 amide bonds. The van der Waals surface area contributed by atoms with Crippen LogP contribution in [0.25, 0.3) is 0 Å². The van der Waals surface area contributed by atoms with Gasteiger partial charge in [-0.3, -0.25) is 4.79 Å². The Bertz CT molecular complexity index is 430. The fourth-order valence-corrected chi connectivity index (χ4v) is 2.10. The summed E-state index contributed by atoms with van der Waals surface area (Å²) in [6, 6.07) is 8.15. The predicted octanol–water partition coefficient (Wildman–Crippen LogP) is 3.26. The van der Waals surface area contributed by atoms with Crippen molar-refractivity contribution in [2.24, 2.45) is 5.41 Å². The zero-order valence-electron chi connectivity index (χ0n) is 12.5. The Morgan fingerprint density at radius 1 is 1.16 bits per heavy atom. The van der Waals surface area contributed by atoms with Crippen molar-refractivity contribution in [3.05, 3.63) is 35.4 Å². The van der Waals surface area contributed by atoms with E-state index in [2.05, 4.69) is 26.0 Å². The monoisotopic (exact) mass is 264 g/mol. The van der Waals surface area contributed by atoms with E-state index in [4.69, 9.17) is 9.84 Å². The van der Waals surface area contributed by atoms with Gasteiger partial charge in [0.15, 0.2) is 0 Å². The predicted molar refractivity (Wildman–Crippen MR) is 76.5 cm³/mol. The van der Waals surface area contributed by atoms with Crippen molar-refractivity contribution in [2.75, 3.05) is 13.7 Å². The van der Waals surface area contributed by atoms with Gasteiger partial charge in [0.2, 0.25) is 0 Å². The topological polar surface area (TPSA) is 46.5 Å². The molecule has 0 bridgehead atoms. The summed E-state index contributed by atoms with van der Waals surface area (Å²) >= 11 is 0. The molecule has 3 nitrogen and oxygen atoms in total. The van der Waals surface area contributed by atoms with Gasteiger partial charge in [0, 0.05) is 12.5 Å². The van der Waals surface area contributed by atoms with Crippen molar-refractivity contribution >= 4 is 5.97 Å². The molecule has 106 valence electrons. The fourth-order valence-electron chi connectivity index (χ4n) is 2.10. The van der Waals surface area contributed by atoms with Gasteiger partial charge in [-0.1, -0.05) is 38.1 Å². The molecule has 1 aromatic rings. The lowest BCUT2D eigenvalue weighted by Crippen LogP contribution is -2.26. The van der Waals surface area contributed by atoms with Crippen LogP contribution >= 0.6 is 0 Å². The standard InChI is InChI=1S/C16H24O3/c1-15(2,14(17)18)10-12-6-8-13(9-7-12)16(3,4)11-19-5/h6-9H,10-11H2,1-5H3,(H,17,18). The van der Waals surface area contributed by atoms with Crippen LogP contribution in [0.5, 0.6) is 0 Å². The van der Waals surface area contributed by atoms with Crippen LogP contribution in [0, 0.1) is 5.41 Å². The van der Waals surface area contributed by atoms with Crippen molar-refractivity contribution in [3.63, 3.8) is 0 Å². The van der Waals surface area contributed by atoms with Gasteiger partial charge in [0.25, 0.3) is 0 Å². The first kappa shape index (κ1) is 15.7. The average molecular weight is 264 g/mol. The van der Waals surface area contributed by atoms with E-state index in [9.17, 15) is 4.79 Å². The van der Waals surface area contributed by atoms with Crippen molar-refractivity contribution in [3.8, 4) is 0 Å². The van der Waals surface area contributed by atoms with Gasteiger partial charge in [-0.25, -0.2) is 0 Å². The average Bonchev–Trinajstić information content (AvgIpc) is 2.28. The Morgan fingerprint density at radius 3 is 2.11 bits per heavy atom. The fraction of sp³-hybridized carbons (Fsp3) is 0.562. The SMILES string of the molecule is COCC(C)(C)c1ccc(CC(C)(C)C(=O)O)cc1. The van der Waals surface area contributed by atoms with Crippen LogP contribution in [0.15, 0.2) is 24.3 Å². The molecule has 1 rings (SSSR count). The van der Waals surface area contributed by atoms with Crippen LogP contribution in [-0.4, -0.2) is 24.8 Å². The summed E-state index contributed by atoms with van der Waals surface area (Å²) in [6.45, 7) is 8.42. The molecule has 0 atom stereocenters. The van der Waals surface area contributed by atoms with Crippen LogP contribution in [0.4, 0.5) is 0 Å². The Morgan fingerprint density at radius 2 is 1.68 bits per heavy atom. The van der Waals surface area contributed by atoms with Crippen LogP contribution in [0.3, 0.4) is 0 Å². The van der Waals surface area contributed by atoms with Gasteiger partial charge in [0.1, 0.15) is 0 Å². The third kappa shape index (κ3) is 4.06. The van der Waals surface area contributed by atoms with Crippen molar-refractivity contribution in [1.82, 2.24) is 0 Å². The van der Waals surface area contributed by atoms with Crippen LogP contribution in [-0.2, 0) is 21.4 Å². The zero-order valence-corrected chi connectivity index (χ0v) is 12.5. The molecule has 19 heavy (non-hydrogen) atoms. The first-order valence-corrected chi connectivity index (χ1v) is 6.51. The van der Waals surface area contributed by atoms with E-state index in [1.165, 1.54) is 5.56 Å². The maximum Gasteiger partial charge on any atom is 0.309 e. The van der Waals surface area contributed by atoms with E-state index in [-0.39, 0.29) is 5.41 Å². The molecule has 3 heteroatoms. The van der Waals surface area contributed by atoms with Crippen molar-refractivity contribution in [1.29, 1.82) is 0 Å². The van der Waals surface area contributed by atoms with E-state index >= 15 is 0 Å². The molecule has 0 radical (unpaired) electrons. The highest BCUT2D eigenvalue weighted by Gasteiger charge is 2.27. The number of carboxylic acid groups (broad SMARTS) is 1. The number of hydrogen-bond donors (Lipinski definition) is 1. The first-order valence-electron chi connectivity index (χ1n) is 6.51. The molecular weight excluding hydrogens is 240 g/mol. The molecular formula is C16H24O3. The minimum absolute atomic E-state index is 0.0321. The molecule has 0 aliphatic carbocycles. The molecule has 0 aliphatic heterocycles. The van der Waals surface area contributed by atoms with Gasteiger partial charge in [-0.05, 0) is 31.4 Å². The highest BCUT2D eigenvalue weighted by atomic mass is 16.5. The maximum absolute atomic E-state index is 11.1. The highest BCUT2D eigenvalue weighted by Crippen LogP contribution is 2.26. The maximum atomic E-state index is 11.1. The first-order chi connectivity index (χ1) is 8.69. The summed E-state index contributed by atoms with van der Waals surface area (Å²) in [4.78, 5) is 11.1. The van der Waals surface area contributed by atoms with Gasteiger partial charge < -0.3 is 9.84 Å². The van der Waals surface area contributed by atoms with E-state index in [0.29, 0.717) is 13.0 Å². The highest BCUT2D eigenvalue weighted by molar-refractivity contribution is 5.74. The number of carboxylic acids is 1. The lowest BCUT2D eigenvalue weighted by atomic mass is 9.82. The van der Waals surface area contributed by atoms with E-state index < -0.39 is 11.4 Å². The van der Waals surface area contributed by atoms with Gasteiger partial charge in [-0.15, -0.1) is 0 Å². The third-order valence-corrected chi connectivity index (χ3v) is 3.47. The second-order valence-electron chi connectivity index (χ2n) is 6.38. The number of rotatable bonds is 6. The normalized spacial score (nSPS) is 12.5. The number of benzene rings is 1. The lowest BCUT2D eigenvalue weighted by molar-refractivity contribution is -0.146. The number of carbonyl (C=O) groups is 1. The molecule has 0 heterocycles. The minimum Gasteiger partial charge on any atom is -0.481 e. The van der Waals surface area contributed by atoms with Gasteiger partial charge >= 0.3 is 5.97 Å². The Kier molecular flexibility index (Phi) is 4.75. The van der Waals surface area contributed by atoms with E-state index in [1.54, 1.807) is 21.0 Å². The molecule has 0 aromatic heterocycles. The van der Waals surface area contributed by atoms with E-state index in [0.717, 1.165) is 5.56 Å². The minimum atomic E-state index is -0.767. The number of methoxy groups -OCH3 is 1. The van der Waals surface area contributed by atoms with Gasteiger partial charge in [-0.2, -0.15) is 0 Å². The summed E-state index contributed by atoms with van der Waals surface area (Å²) < 4.78 is 5.23. The quantitative estimate of drug-likeness (QED) is 0.857. The summed E-state index contributed by atoms with van der Waals surface area (Å²) in [6.07, 6.45) is 0.535. The summed E-state index contributed by atoms with van der Waals surface area (Å²) in [5, 5.41) is 9.14. The second kappa shape index (κ2) is 5.74. The number of ether oxygens (including phenoxy) is 1. The third-order valence-electron chi connectivity index (χ3n) is 3.47. The molecule has 0 spiro atoms. The lowest BCUT2D eigenvalue weighted by Gasteiger charge is -2.25. The molecule has 0 unspecified atom stereocenters. The van der Waals surface area contributed by atoms with Crippen molar-refractivity contribution < 1.29 is 14.6 Å². The Labute approximate surface area is 115 Å². The summed E-state index contributed by atoms with van der Waals surface area (Å²) in [7, 11) is 1.70. The van der Waals surface area contributed by atoms with Crippen molar-refractivity contribution in [2.45, 2.75) is 39.5 Å². The molecule has 0 fully saturated rings. The smallest absolute Gasteiger partial charge is 0.309 e. The molecule has 1 aromatic carbocycles. The van der Waals surface area contributed by atoms with Crippen LogP contribution in [0.1, 0.15) is 38.8 Å². The zero-order chi connectivity index (χ0) is 14.7. The number of aliphatic carboxylic acids is 1. The van der Waals surface area contributed by atoms with Gasteiger partial charge in [0.05, 0.1) is 12.0 Å².